The van der Waals surface area contributed by atoms with E-state index in [4.69, 9.17) is 9.72 Å². The zero-order valence-electron chi connectivity index (χ0n) is 18.1. The van der Waals surface area contributed by atoms with Gasteiger partial charge in [-0.25, -0.2) is 19.9 Å². The van der Waals surface area contributed by atoms with E-state index in [1.807, 2.05) is 42.5 Å². The molecule has 3 aromatic heterocycles. The van der Waals surface area contributed by atoms with Crippen molar-refractivity contribution < 1.29 is 4.74 Å². The lowest BCUT2D eigenvalue weighted by molar-refractivity contribution is 0.0390. The number of hydrogen-bond donors (Lipinski definition) is 1. The van der Waals surface area contributed by atoms with Crippen LogP contribution in [0.1, 0.15) is 11.7 Å². The van der Waals surface area contributed by atoms with E-state index in [1.165, 1.54) is 12.4 Å². The highest BCUT2D eigenvalue weighted by molar-refractivity contribution is 5.57. The summed E-state index contributed by atoms with van der Waals surface area (Å²) in [5, 5.41) is 3.28. The molecule has 4 heterocycles. The van der Waals surface area contributed by atoms with E-state index >= 15 is 0 Å². The van der Waals surface area contributed by atoms with Crippen LogP contribution in [0.15, 0.2) is 78.1 Å². The van der Waals surface area contributed by atoms with Crippen LogP contribution in [-0.2, 0) is 11.8 Å². The Kier molecular flexibility index (Phi) is 5.77. The van der Waals surface area contributed by atoms with Crippen molar-refractivity contribution in [3.63, 3.8) is 0 Å². The molecule has 1 saturated heterocycles. The molecule has 0 spiro atoms. The number of pyridine rings is 1. The molecule has 1 atom stereocenters. The fourth-order valence-electron chi connectivity index (χ4n) is 3.78. The Morgan fingerprint density at radius 2 is 1.91 bits per heavy atom. The number of benzene rings is 1. The van der Waals surface area contributed by atoms with Gasteiger partial charge in [-0.3, -0.25) is 9.36 Å². The zero-order valence-corrected chi connectivity index (χ0v) is 18.1. The standard InChI is InChI=1S/C24H23N7O2/c1-30-23(32)14-20(19-9-11-25-16-27-19)29-24(30)31-12-13-33-21(15-31)17-5-7-18(8-6-17)28-22-4-2-3-10-26-22/h2-11,14,16,21H,12-13,15H2,1H3,(H,26,28). The van der Waals surface area contributed by atoms with E-state index in [0.29, 0.717) is 37.0 Å². The molecule has 1 aliphatic rings. The molecule has 5 rings (SSSR count). The number of hydrogen-bond acceptors (Lipinski definition) is 8. The van der Waals surface area contributed by atoms with E-state index < -0.39 is 0 Å². The van der Waals surface area contributed by atoms with Gasteiger partial charge in [-0.2, -0.15) is 0 Å². The lowest BCUT2D eigenvalue weighted by Crippen LogP contribution is -2.41. The van der Waals surface area contributed by atoms with Gasteiger partial charge in [-0.05, 0) is 35.9 Å². The molecule has 0 amide bonds. The van der Waals surface area contributed by atoms with E-state index in [2.05, 4.69) is 25.2 Å². The van der Waals surface area contributed by atoms with E-state index in [1.54, 1.807) is 30.1 Å². The Morgan fingerprint density at radius 3 is 2.67 bits per heavy atom. The number of anilines is 3. The normalized spacial score (nSPS) is 15.9. The van der Waals surface area contributed by atoms with Gasteiger partial charge < -0.3 is 15.0 Å². The third-order valence-corrected chi connectivity index (χ3v) is 5.52. The first-order valence-corrected chi connectivity index (χ1v) is 10.7. The Balaban J connectivity index is 1.36. The van der Waals surface area contributed by atoms with Crippen LogP contribution < -0.4 is 15.8 Å². The van der Waals surface area contributed by atoms with Crippen LogP contribution >= 0.6 is 0 Å². The molecule has 0 radical (unpaired) electrons. The molecule has 0 aliphatic carbocycles. The van der Waals surface area contributed by atoms with Crippen molar-refractivity contribution in [3.8, 4) is 11.4 Å². The van der Waals surface area contributed by atoms with E-state index in [-0.39, 0.29) is 11.7 Å². The second-order valence-electron chi connectivity index (χ2n) is 7.70. The summed E-state index contributed by atoms with van der Waals surface area (Å²) in [5.74, 6) is 1.39. The molecule has 1 aliphatic heterocycles. The molecule has 1 fully saturated rings. The van der Waals surface area contributed by atoms with Crippen LogP contribution in [0.4, 0.5) is 17.5 Å². The SMILES string of the molecule is Cn1c(N2CCOC(c3ccc(Nc4ccccn4)cc3)C2)nc(-c2ccncn2)cc1=O. The highest BCUT2D eigenvalue weighted by Crippen LogP contribution is 2.27. The maximum atomic E-state index is 12.6. The predicted molar refractivity (Wildman–Crippen MR) is 125 cm³/mol. The first-order valence-electron chi connectivity index (χ1n) is 10.7. The molecule has 9 heteroatoms. The Morgan fingerprint density at radius 1 is 1.03 bits per heavy atom. The van der Waals surface area contributed by atoms with Crippen LogP contribution in [0.2, 0.25) is 0 Å². The van der Waals surface area contributed by atoms with Gasteiger partial charge in [0, 0.05) is 37.7 Å². The van der Waals surface area contributed by atoms with Crippen LogP contribution in [-0.4, -0.2) is 44.2 Å². The summed E-state index contributed by atoms with van der Waals surface area (Å²) in [6.07, 6.45) is 4.70. The highest BCUT2D eigenvalue weighted by atomic mass is 16.5. The summed E-state index contributed by atoms with van der Waals surface area (Å²) in [4.78, 5) is 31.9. The van der Waals surface area contributed by atoms with Crippen LogP contribution in [0.5, 0.6) is 0 Å². The smallest absolute Gasteiger partial charge is 0.255 e. The van der Waals surface area contributed by atoms with Crippen molar-refractivity contribution in [3.05, 3.63) is 89.2 Å². The summed E-state index contributed by atoms with van der Waals surface area (Å²) in [6, 6.07) is 17.1. The van der Waals surface area contributed by atoms with Crippen LogP contribution in [0.25, 0.3) is 11.4 Å². The van der Waals surface area contributed by atoms with Crippen LogP contribution in [0.3, 0.4) is 0 Å². The maximum Gasteiger partial charge on any atom is 0.255 e. The fraction of sp³-hybridized carbons (Fsp3) is 0.208. The van der Waals surface area contributed by atoms with Crippen molar-refractivity contribution in [2.45, 2.75) is 6.10 Å². The topological polar surface area (TPSA) is 98.1 Å². The first kappa shape index (κ1) is 20.8. The highest BCUT2D eigenvalue weighted by Gasteiger charge is 2.25. The van der Waals surface area contributed by atoms with Gasteiger partial charge in [0.25, 0.3) is 5.56 Å². The minimum atomic E-state index is -0.137. The van der Waals surface area contributed by atoms with Gasteiger partial charge in [0.15, 0.2) is 0 Å². The lowest BCUT2D eigenvalue weighted by Gasteiger charge is -2.34. The number of rotatable bonds is 5. The van der Waals surface area contributed by atoms with Crippen LogP contribution in [0, 0.1) is 0 Å². The van der Waals surface area contributed by atoms with Crippen molar-refractivity contribution in [1.82, 2.24) is 24.5 Å². The molecule has 4 aromatic rings. The second kappa shape index (κ2) is 9.17. The first-order chi connectivity index (χ1) is 16.2. The number of aromatic nitrogens is 5. The van der Waals surface area contributed by atoms with Crippen molar-refractivity contribution in [2.24, 2.45) is 7.05 Å². The number of ether oxygens (including phenoxy) is 1. The molecule has 166 valence electrons. The number of nitrogens with zero attached hydrogens (tertiary/aromatic N) is 6. The molecule has 33 heavy (non-hydrogen) atoms. The molecule has 0 bridgehead atoms. The molecule has 1 unspecified atom stereocenters. The van der Waals surface area contributed by atoms with Gasteiger partial charge in [-0.15, -0.1) is 0 Å². The largest absolute Gasteiger partial charge is 0.370 e. The van der Waals surface area contributed by atoms with Gasteiger partial charge in [0.2, 0.25) is 5.95 Å². The zero-order chi connectivity index (χ0) is 22.6. The molecular formula is C24H23N7O2. The molecule has 1 aromatic carbocycles. The van der Waals surface area contributed by atoms with Gasteiger partial charge in [0.05, 0.1) is 24.5 Å². The molecule has 1 N–H and O–H groups in total. The Hall–Kier alpha value is -4.11. The van der Waals surface area contributed by atoms with Gasteiger partial charge >= 0.3 is 0 Å². The van der Waals surface area contributed by atoms with Crippen molar-refractivity contribution >= 4 is 17.5 Å². The lowest BCUT2D eigenvalue weighted by atomic mass is 10.1. The Bertz CT molecular complexity index is 1280. The second-order valence-corrected chi connectivity index (χ2v) is 7.70. The summed E-state index contributed by atoms with van der Waals surface area (Å²) in [5.41, 5.74) is 3.02. The quantitative estimate of drug-likeness (QED) is 0.505. The average Bonchev–Trinajstić information content (AvgIpc) is 2.87. The summed E-state index contributed by atoms with van der Waals surface area (Å²) >= 11 is 0. The molecule has 9 nitrogen and oxygen atoms in total. The average molecular weight is 441 g/mol. The number of morpholine rings is 1. The monoisotopic (exact) mass is 441 g/mol. The minimum Gasteiger partial charge on any atom is -0.370 e. The molecule has 0 saturated carbocycles. The minimum absolute atomic E-state index is 0.137. The Labute approximate surface area is 190 Å². The van der Waals surface area contributed by atoms with Gasteiger partial charge in [-0.1, -0.05) is 18.2 Å². The predicted octanol–water partition coefficient (Wildman–Crippen LogP) is 2.95. The van der Waals surface area contributed by atoms with E-state index in [9.17, 15) is 4.79 Å². The van der Waals surface area contributed by atoms with Gasteiger partial charge in [0.1, 0.15) is 18.2 Å². The third-order valence-electron chi connectivity index (χ3n) is 5.52. The fourth-order valence-corrected chi connectivity index (χ4v) is 3.78. The van der Waals surface area contributed by atoms with Crippen molar-refractivity contribution in [2.75, 3.05) is 29.9 Å². The summed E-state index contributed by atoms with van der Waals surface area (Å²) in [6.45, 7) is 1.76. The summed E-state index contributed by atoms with van der Waals surface area (Å²) in [7, 11) is 1.73. The van der Waals surface area contributed by atoms with Crippen molar-refractivity contribution in [1.29, 1.82) is 0 Å². The number of nitrogens with one attached hydrogen (secondary N) is 1. The van der Waals surface area contributed by atoms with E-state index in [0.717, 1.165) is 17.1 Å². The molecular weight excluding hydrogens is 418 g/mol. The summed E-state index contributed by atoms with van der Waals surface area (Å²) < 4.78 is 7.61. The third kappa shape index (κ3) is 4.58. The maximum absolute atomic E-state index is 12.6.